The second kappa shape index (κ2) is 6.60. The quantitative estimate of drug-likeness (QED) is 0.850. The summed E-state index contributed by atoms with van der Waals surface area (Å²) in [5.41, 5.74) is 0.705. The van der Waals surface area contributed by atoms with E-state index in [1.165, 1.54) is 31.2 Å². The predicted molar refractivity (Wildman–Crippen MR) is 75.2 cm³/mol. The van der Waals surface area contributed by atoms with Gasteiger partial charge in [-0.3, -0.25) is 9.59 Å². The van der Waals surface area contributed by atoms with Crippen molar-refractivity contribution in [2.75, 3.05) is 6.54 Å². The molecule has 1 unspecified atom stereocenters. The van der Waals surface area contributed by atoms with Crippen LogP contribution in [0.25, 0.3) is 0 Å². The molecular formula is C14H14F3NO3S. The fraction of sp³-hybridized carbons (Fsp3) is 0.429. The van der Waals surface area contributed by atoms with E-state index in [1.807, 2.05) is 0 Å². The number of ether oxygens (including phenoxy) is 1. The second-order valence-corrected chi connectivity index (χ2v) is 6.38. The Hall–Kier alpha value is -1.70. The first-order valence-electron chi connectivity index (χ1n) is 6.52. The third-order valence-corrected chi connectivity index (χ3v) is 4.02. The summed E-state index contributed by atoms with van der Waals surface area (Å²) in [6.45, 7) is 2.22. The molecule has 1 aromatic rings. The number of thioether (sulfide) groups is 1. The van der Waals surface area contributed by atoms with Crippen molar-refractivity contribution < 1.29 is 27.5 Å². The molecule has 22 heavy (non-hydrogen) atoms. The Morgan fingerprint density at radius 1 is 1.36 bits per heavy atom. The molecule has 8 heteroatoms. The monoisotopic (exact) mass is 333 g/mol. The van der Waals surface area contributed by atoms with E-state index in [2.05, 4.69) is 4.74 Å². The van der Waals surface area contributed by atoms with E-state index in [0.717, 1.165) is 11.8 Å². The van der Waals surface area contributed by atoms with Crippen molar-refractivity contribution in [2.45, 2.75) is 31.5 Å². The minimum atomic E-state index is -4.72. The maximum absolute atomic E-state index is 12.1. The smallest absolute Gasteiger partial charge is 0.406 e. The Bertz CT molecular complexity index is 559. The van der Waals surface area contributed by atoms with Gasteiger partial charge in [-0.1, -0.05) is 23.9 Å². The van der Waals surface area contributed by atoms with Crippen molar-refractivity contribution >= 4 is 22.8 Å². The Kier molecular flexibility index (Phi) is 5.00. The van der Waals surface area contributed by atoms with Gasteiger partial charge in [-0.15, -0.1) is 13.2 Å². The number of likely N-dealkylation sites (tertiary alicyclic amines) is 1. The average Bonchev–Trinajstić information content (AvgIpc) is 2.69. The molecule has 2 rings (SSSR count). The molecule has 0 bridgehead atoms. The van der Waals surface area contributed by atoms with Gasteiger partial charge in [-0.05, 0) is 17.7 Å². The number of hydrogen-bond acceptors (Lipinski definition) is 4. The summed E-state index contributed by atoms with van der Waals surface area (Å²) in [7, 11) is 0. The molecule has 1 atom stereocenters. The number of halogens is 3. The van der Waals surface area contributed by atoms with Gasteiger partial charge in [-0.25, -0.2) is 0 Å². The number of nitrogens with zero attached hydrogens (tertiary/aromatic N) is 1. The van der Waals surface area contributed by atoms with Crippen LogP contribution in [0.4, 0.5) is 13.2 Å². The van der Waals surface area contributed by atoms with Crippen LogP contribution < -0.4 is 4.74 Å². The number of benzene rings is 1. The van der Waals surface area contributed by atoms with Crippen molar-refractivity contribution in [2.24, 2.45) is 0 Å². The number of carbonyl (C=O) groups is 2. The van der Waals surface area contributed by atoms with Crippen LogP contribution in [0.5, 0.6) is 5.75 Å². The second-order valence-electron chi connectivity index (χ2n) is 4.90. The molecule has 0 aliphatic carbocycles. The first kappa shape index (κ1) is 16.7. The van der Waals surface area contributed by atoms with E-state index in [1.54, 1.807) is 4.90 Å². The Balaban J connectivity index is 1.94. The summed E-state index contributed by atoms with van der Waals surface area (Å²) in [5, 5.41) is -0.0915. The van der Waals surface area contributed by atoms with E-state index in [4.69, 9.17) is 0 Å². The molecule has 1 heterocycles. The molecular weight excluding hydrogens is 319 g/mol. The maximum Gasteiger partial charge on any atom is 0.573 e. The number of rotatable bonds is 4. The van der Waals surface area contributed by atoms with E-state index in [9.17, 15) is 22.8 Å². The summed E-state index contributed by atoms with van der Waals surface area (Å²) in [6, 6.07) is 5.40. The van der Waals surface area contributed by atoms with E-state index in [-0.39, 0.29) is 22.0 Å². The summed E-state index contributed by atoms with van der Waals surface area (Å²) in [6.07, 6.45) is -4.41. The zero-order valence-corrected chi connectivity index (χ0v) is 12.5. The lowest BCUT2D eigenvalue weighted by atomic mass is 10.2. The minimum absolute atomic E-state index is 0.0340. The fourth-order valence-corrected chi connectivity index (χ4v) is 3.17. The van der Waals surface area contributed by atoms with Crippen molar-refractivity contribution in [3.63, 3.8) is 0 Å². The lowest BCUT2D eigenvalue weighted by Crippen LogP contribution is -2.25. The number of hydrogen-bond donors (Lipinski definition) is 0. The van der Waals surface area contributed by atoms with Crippen LogP contribution in [-0.2, 0) is 16.1 Å². The van der Waals surface area contributed by atoms with Crippen molar-refractivity contribution in [1.29, 1.82) is 0 Å². The highest BCUT2D eigenvalue weighted by molar-refractivity contribution is 8.14. The van der Waals surface area contributed by atoms with Crippen LogP contribution >= 0.6 is 11.8 Å². The number of alkyl halides is 3. The largest absolute Gasteiger partial charge is 0.573 e. The first-order chi connectivity index (χ1) is 10.2. The normalized spacial score (nSPS) is 18.6. The van der Waals surface area contributed by atoms with Crippen LogP contribution in [0.1, 0.15) is 18.9 Å². The van der Waals surface area contributed by atoms with Crippen LogP contribution in [-0.4, -0.2) is 34.1 Å². The molecule has 4 nitrogen and oxygen atoms in total. The SMILES string of the molecule is CC(=O)SC1CC(=O)N(Cc2ccc(OC(F)(F)F)cc2)C1. The molecule has 0 spiro atoms. The lowest BCUT2D eigenvalue weighted by molar-refractivity contribution is -0.274. The molecule has 0 N–H and O–H groups in total. The highest BCUT2D eigenvalue weighted by atomic mass is 32.2. The van der Waals surface area contributed by atoms with Gasteiger partial charge in [0.1, 0.15) is 5.75 Å². The van der Waals surface area contributed by atoms with Gasteiger partial charge in [-0.2, -0.15) is 0 Å². The molecule has 0 aromatic heterocycles. The van der Waals surface area contributed by atoms with Crippen LogP contribution in [0, 0.1) is 0 Å². The Morgan fingerprint density at radius 3 is 2.55 bits per heavy atom. The molecule has 0 radical (unpaired) electrons. The van der Waals surface area contributed by atoms with Gasteiger partial charge in [0.2, 0.25) is 5.91 Å². The number of carbonyl (C=O) groups excluding carboxylic acids is 2. The highest BCUT2D eigenvalue weighted by Gasteiger charge is 2.32. The molecule has 1 aromatic carbocycles. The van der Waals surface area contributed by atoms with Crippen LogP contribution in [0.3, 0.4) is 0 Å². The Morgan fingerprint density at radius 2 is 2.00 bits per heavy atom. The summed E-state index contributed by atoms with van der Waals surface area (Å²) in [5.74, 6) is -0.358. The Labute approximate surface area is 129 Å². The molecule has 1 amide bonds. The van der Waals surface area contributed by atoms with Gasteiger partial charge in [0.25, 0.3) is 0 Å². The van der Waals surface area contributed by atoms with Crippen LogP contribution in [0.15, 0.2) is 24.3 Å². The zero-order chi connectivity index (χ0) is 16.3. The van der Waals surface area contributed by atoms with Gasteiger partial charge in [0.05, 0.1) is 0 Å². The lowest BCUT2D eigenvalue weighted by Gasteiger charge is -2.17. The minimum Gasteiger partial charge on any atom is -0.406 e. The van der Waals surface area contributed by atoms with Gasteiger partial charge >= 0.3 is 6.36 Å². The van der Waals surface area contributed by atoms with Crippen LogP contribution in [0.2, 0.25) is 0 Å². The standard InChI is InChI=1S/C14H14F3NO3S/c1-9(19)22-12-6-13(20)18(8-12)7-10-2-4-11(5-3-10)21-14(15,16)17/h2-5,12H,6-8H2,1H3. The summed E-state index contributed by atoms with van der Waals surface area (Å²) < 4.78 is 40.0. The van der Waals surface area contributed by atoms with E-state index >= 15 is 0 Å². The molecule has 1 aliphatic rings. The summed E-state index contributed by atoms with van der Waals surface area (Å²) >= 11 is 1.14. The van der Waals surface area contributed by atoms with E-state index < -0.39 is 6.36 Å². The van der Waals surface area contributed by atoms with Gasteiger partial charge in [0.15, 0.2) is 5.12 Å². The molecule has 0 saturated carbocycles. The third-order valence-electron chi connectivity index (χ3n) is 3.04. The van der Waals surface area contributed by atoms with E-state index in [0.29, 0.717) is 25.1 Å². The third kappa shape index (κ3) is 4.94. The number of amides is 1. The molecule has 1 saturated heterocycles. The predicted octanol–water partition coefficient (Wildman–Crippen LogP) is 2.97. The van der Waals surface area contributed by atoms with Gasteiger partial charge < -0.3 is 9.64 Å². The average molecular weight is 333 g/mol. The van der Waals surface area contributed by atoms with Gasteiger partial charge in [0, 0.05) is 31.7 Å². The highest BCUT2D eigenvalue weighted by Crippen LogP contribution is 2.27. The molecule has 120 valence electrons. The maximum atomic E-state index is 12.1. The first-order valence-corrected chi connectivity index (χ1v) is 7.40. The van der Waals surface area contributed by atoms with Crippen molar-refractivity contribution in [3.05, 3.63) is 29.8 Å². The van der Waals surface area contributed by atoms with Crippen molar-refractivity contribution in [3.8, 4) is 5.75 Å². The molecule has 1 aliphatic heterocycles. The summed E-state index contributed by atoms with van der Waals surface area (Å²) in [4.78, 5) is 24.5. The fourth-order valence-electron chi connectivity index (χ4n) is 2.22. The van der Waals surface area contributed by atoms with Crippen molar-refractivity contribution in [1.82, 2.24) is 4.90 Å². The zero-order valence-electron chi connectivity index (χ0n) is 11.7. The topological polar surface area (TPSA) is 46.6 Å². The molecule has 1 fully saturated rings.